The van der Waals surface area contributed by atoms with Crippen LogP contribution in [0.3, 0.4) is 0 Å². The molecule has 0 saturated carbocycles. The molecule has 0 amide bonds. The van der Waals surface area contributed by atoms with Gasteiger partial charge in [0.1, 0.15) is 18.0 Å². The topological polar surface area (TPSA) is 86.3 Å². The number of nitrogens with zero attached hydrogens (tertiary/aromatic N) is 7. The minimum Gasteiger partial charge on any atom is -0.370 e. The molecule has 3 aromatic heterocycles. The van der Waals surface area contributed by atoms with Crippen molar-refractivity contribution in [2.45, 2.75) is 17.8 Å². The summed E-state index contributed by atoms with van der Waals surface area (Å²) in [5, 5.41) is 17.2. The number of thioether (sulfide) groups is 1. The molecule has 9 heteroatoms. The number of rotatable bonds is 5. The molecule has 0 radical (unpaired) electrons. The summed E-state index contributed by atoms with van der Waals surface area (Å²) < 4.78 is 3.63. The maximum Gasteiger partial charge on any atom is 0.191 e. The molecule has 110 valence electrons. The van der Waals surface area contributed by atoms with Crippen molar-refractivity contribution in [2.75, 3.05) is 11.9 Å². The van der Waals surface area contributed by atoms with E-state index in [1.165, 1.54) is 0 Å². The highest BCUT2D eigenvalue weighted by Crippen LogP contribution is 2.23. The van der Waals surface area contributed by atoms with Gasteiger partial charge in [0.05, 0.1) is 17.3 Å². The van der Waals surface area contributed by atoms with E-state index in [1.54, 1.807) is 29.0 Å². The summed E-state index contributed by atoms with van der Waals surface area (Å²) in [4.78, 5) is 9.16. The number of anilines is 1. The van der Waals surface area contributed by atoms with Crippen LogP contribution in [0, 0.1) is 0 Å². The van der Waals surface area contributed by atoms with Gasteiger partial charge in [-0.1, -0.05) is 11.8 Å². The normalized spacial score (nSPS) is 11.2. The predicted molar refractivity (Wildman–Crippen MR) is 81.0 cm³/mol. The van der Waals surface area contributed by atoms with E-state index in [2.05, 4.69) is 30.6 Å². The smallest absolute Gasteiger partial charge is 0.191 e. The van der Waals surface area contributed by atoms with Crippen molar-refractivity contribution in [3.05, 3.63) is 18.3 Å². The molecule has 0 fully saturated rings. The Morgan fingerprint density at radius 1 is 1.29 bits per heavy atom. The van der Waals surface area contributed by atoms with Crippen molar-refractivity contribution < 1.29 is 0 Å². The summed E-state index contributed by atoms with van der Waals surface area (Å²) in [5.41, 5.74) is 0.828. The third-order valence-electron chi connectivity index (χ3n) is 2.98. The first-order valence-corrected chi connectivity index (χ1v) is 7.57. The molecule has 0 saturated heterocycles. The van der Waals surface area contributed by atoms with Gasteiger partial charge in [-0.25, -0.2) is 9.97 Å². The molecule has 0 atom stereocenters. The fourth-order valence-corrected chi connectivity index (χ4v) is 2.71. The Morgan fingerprint density at radius 3 is 2.86 bits per heavy atom. The highest BCUT2D eigenvalue weighted by atomic mass is 32.2. The average molecular weight is 304 g/mol. The second kappa shape index (κ2) is 5.68. The standard InChI is InChI=1S/C12H16N8S/c1-4-13-10-8-5-15-20(3)11(8)17-9(16-10)6-21-12-18-14-7-19(12)2/h5,7H,4,6H2,1-3H3,(H,13,16,17). The second-order valence-electron chi connectivity index (χ2n) is 4.54. The van der Waals surface area contributed by atoms with Crippen LogP contribution < -0.4 is 5.32 Å². The largest absolute Gasteiger partial charge is 0.370 e. The lowest BCUT2D eigenvalue weighted by atomic mass is 10.4. The first kappa shape index (κ1) is 13.8. The summed E-state index contributed by atoms with van der Waals surface area (Å²) >= 11 is 1.56. The molecule has 3 aromatic rings. The number of hydrogen-bond acceptors (Lipinski definition) is 7. The Kier molecular flexibility index (Phi) is 3.74. The highest BCUT2D eigenvalue weighted by Gasteiger charge is 2.12. The predicted octanol–water partition coefficient (Wildman–Crippen LogP) is 1.22. The Labute approximate surface area is 126 Å². The molecule has 0 unspecified atom stereocenters. The van der Waals surface area contributed by atoms with E-state index < -0.39 is 0 Å². The summed E-state index contributed by atoms with van der Waals surface area (Å²) in [5.74, 6) is 2.20. The average Bonchev–Trinajstić information content (AvgIpc) is 3.04. The van der Waals surface area contributed by atoms with Crippen LogP contribution in [-0.2, 0) is 19.8 Å². The van der Waals surface area contributed by atoms with Gasteiger partial charge in [0.15, 0.2) is 10.8 Å². The third-order valence-corrected chi connectivity index (χ3v) is 4.01. The zero-order valence-electron chi connectivity index (χ0n) is 12.1. The number of hydrogen-bond donors (Lipinski definition) is 1. The lowest BCUT2D eigenvalue weighted by molar-refractivity contribution is 0.780. The molecule has 0 spiro atoms. The van der Waals surface area contributed by atoms with Crippen molar-refractivity contribution >= 4 is 28.6 Å². The second-order valence-corrected chi connectivity index (χ2v) is 5.48. The fourth-order valence-electron chi connectivity index (χ4n) is 1.97. The fraction of sp³-hybridized carbons (Fsp3) is 0.417. The summed E-state index contributed by atoms with van der Waals surface area (Å²) in [6.07, 6.45) is 3.46. The van der Waals surface area contributed by atoms with Crippen LogP contribution in [0.1, 0.15) is 12.7 Å². The molecule has 0 aromatic carbocycles. The van der Waals surface area contributed by atoms with Gasteiger partial charge in [-0.05, 0) is 6.92 Å². The van der Waals surface area contributed by atoms with Crippen LogP contribution in [0.2, 0.25) is 0 Å². The molecule has 0 aliphatic carbocycles. The van der Waals surface area contributed by atoms with Gasteiger partial charge in [-0.3, -0.25) is 4.68 Å². The molecule has 0 aliphatic heterocycles. The summed E-state index contributed by atoms with van der Waals surface area (Å²) in [7, 11) is 3.79. The Balaban J connectivity index is 1.91. The van der Waals surface area contributed by atoms with E-state index in [0.717, 1.165) is 34.4 Å². The lowest BCUT2D eigenvalue weighted by Gasteiger charge is -2.07. The van der Waals surface area contributed by atoms with Crippen LogP contribution in [0.4, 0.5) is 5.82 Å². The number of fused-ring (bicyclic) bond motifs is 1. The van der Waals surface area contributed by atoms with Gasteiger partial charge in [-0.15, -0.1) is 10.2 Å². The first-order valence-electron chi connectivity index (χ1n) is 6.58. The first-order chi connectivity index (χ1) is 10.2. The lowest BCUT2D eigenvalue weighted by Crippen LogP contribution is -2.05. The van der Waals surface area contributed by atoms with Gasteiger partial charge < -0.3 is 9.88 Å². The van der Waals surface area contributed by atoms with E-state index in [4.69, 9.17) is 0 Å². The van der Waals surface area contributed by atoms with Crippen molar-refractivity contribution in [2.24, 2.45) is 14.1 Å². The molecule has 8 nitrogen and oxygen atoms in total. The zero-order valence-corrected chi connectivity index (χ0v) is 12.9. The van der Waals surface area contributed by atoms with Crippen LogP contribution in [0.15, 0.2) is 17.7 Å². The monoisotopic (exact) mass is 304 g/mol. The van der Waals surface area contributed by atoms with Crippen molar-refractivity contribution in [1.82, 2.24) is 34.5 Å². The Bertz CT molecular complexity index is 762. The number of nitrogens with one attached hydrogen (secondary N) is 1. The molecule has 3 rings (SSSR count). The molecule has 0 bridgehead atoms. The van der Waals surface area contributed by atoms with Gasteiger partial charge in [-0.2, -0.15) is 5.10 Å². The van der Waals surface area contributed by atoms with Crippen molar-refractivity contribution in [1.29, 1.82) is 0 Å². The van der Waals surface area contributed by atoms with Crippen molar-refractivity contribution in [3.63, 3.8) is 0 Å². The SMILES string of the molecule is CCNc1nc(CSc2nncn2C)nc2c1cnn2C. The molecular formula is C12H16N8S. The summed E-state index contributed by atoms with van der Waals surface area (Å²) in [6, 6.07) is 0. The Hall–Kier alpha value is -2.16. The third kappa shape index (κ3) is 2.68. The highest BCUT2D eigenvalue weighted by molar-refractivity contribution is 7.98. The van der Waals surface area contributed by atoms with E-state index >= 15 is 0 Å². The minimum atomic E-state index is 0.631. The summed E-state index contributed by atoms with van der Waals surface area (Å²) in [6.45, 7) is 2.84. The van der Waals surface area contributed by atoms with E-state index in [9.17, 15) is 0 Å². The van der Waals surface area contributed by atoms with Crippen molar-refractivity contribution in [3.8, 4) is 0 Å². The maximum atomic E-state index is 4.58. The van der Waals surface area contributed by atoms with E-state index in [-0.39, 0.29) is 0 Å². The molecule has 21 heavy (non-hydrogen) atoms. The van der Waals surface area contributed by atoms with Gasteiger partial charge in [0, 0.05) is 20.6 Å². The van der Waals surface area contributed by atoms with E-state index in [1.807, 2.05) is 25.6 Å². The molecule has 3 heterocycles. The maximum absolute atomic E-state index is 4.58. The molecule has 1 N–H and O–H groups in total. The molecular weight excluding hydrogens is 288 g/mol. The minimum absolute atomic E-state index is 0.631. The van der Waals surface area contributed by atoms with Crippen LogP contribution >= 0.6 is 11.8 Å². The van der Waals surface area contributed by atoms with Gasteiger partial charge >= 0.3 is 0 Å². The Morgan fingerprint density at radius 2 is 2.14 bits per heavy atom. The number of aryl methyl sites for hydroxylation is 2. The van der Waals surface area contributed by atoms with Crippen LogP contribution in [0.5, 0.6) is 0 Å². The van der Waals surface area contributed by atoms with Crippen LogP contribution in [-0.4, -0.2) is 41.1 Å². The van der Waals surface area contributed by atoms with E-state index in [0.29, 0.717) is 5.75 Å². The van der Waals surface area contributed by atoms with Crippen LogP contribution in [0.25, 0.3) is 11.0 Å². The van der Waals surface area contributed by atoms with Gasteiger partial charge in [0.2, 0.25) is 0 Å². The quantitative estimate of drug-likeness (QED) is 0.709. The zero-order chi connectivity index (χ0) is 14.8. The molecule has 0 aliphatic rings. The number of aromatic nitrogens is 7. The van der Waals surface area contributed by atoms with Gasteiger partial charge in [0.25, 0.3) is 0 Å².